The summed E-state index contributed by atoms with van der Waals surface area (Å²) in [6.45, 7) is 23.8. The van der Waals surface area contributed by atoms with Gasteiger partial charge in [0.1, 0.15) is 0 Å². The second-order valence-electron chi connectivity index (χ2n) is 22.7. The first-order valence-corrected chi connectivity index (χ1v) is 32.1. The van der Waals surface area contributed by atoms with E-state index in [1.807, 2.05) is 0 Å². The van der Waals surface area contributed by atoms with Crippen LogP contribution in [-0.2, 0) is 0 Å². The summed E-state index contributed by atoms with van der Waals surface area (Å²) in [5.41, 5.74) is -4.52. The zero-order valence-corrected chi connectivity index (χ0v) is 49.9. The average Bonchev–Trinajstić information content (AvgIpc) is 3.39. The van der Waals surface area contributed by atoms with Gasteiger partial charge in [0.25, 0.3) is 0 Å². The molecular weight excluding hydrogens is 976 g/mol. The fraction of sp³-hybridized carbons (Fsp3) is 0.806. The Morgan fingerprint density at radius 2 is 0.541 bits per heavy atom. The number of benzene rings is 2. The summed E-state index contributed by atoms with van der Waals surface area (Å²) in [6, 6.07) is 0. The third kappa shape index (κ3) is 28.7. The Balaban J connectivity index is 0.00000109. The molecule has 0 aliphatic heterocycles. The van der Waals surface area contributed by atoms with Crippen LogP contribution in [0.15, 0.2) is 0 Å². The molecule has 12 heteroatoms. The Morgan fingerprint density at radius 3 is 0.770 bits per heavy atom. The molecule has 0 fully saturated rings. The van der Waals surface area contributed by atoms with Crippen molar-refractivity contribution in [3.8, 4) is 11.1 Å². The molecule has 0 aromatic heterocycles. The number of hydrogen-bond donors (Lipinski definition) is 0. The standard InChI is InChI=1S/C28H60B.C22H47P.C12F10/c1-5-9-13-17-21-25-29(26-22-18-14-10-6-2,27-23-19-15-11-7-3)28-24-20-16-12-8-4;1-7-11-21(9-3)15-13-19(5)17-23-18-20(6)14-16-22(10-4)12-8-2;13-3-1(4(14)8(18)11(21)7(3)17)2-5(15)9(19)12(22)10(20)6(2)16/h5-28H2,1-4H3;19-23H,7-18H2,1-6H3;/q-1;;/p+1. The average molecular weight is 1090 g/mol. The molecule has 0 aliphatic rings. The number of unbranched alkanes of at least 4 members (excludes halogenated alkanes) is 16. The number of hydrogen-bond acceptors (Lipinski definition) is 0. The highest BCUT2D eigenvalue weighted by atomic mass is 31.1. The van der Waals surface area contributed by atoms with E-state index >= 15 is 0 Å². The molecule has 0 heterocycles. The molecule has 2 rings (SSSR count). The second kappa shape index (κ2) is 44.1. The maximum absolute atomic E-state index is 13.4. The summed E-state index contributed by atoms with van der Waals surface area (Å²) in [4.78, 5) is 0. The normalized spacial score (nSPS) is 13.5. The second-order valence-corrected chi connectivity index (χ2v) is 24.2. The van der Waals surface area contributed by atoms with Crippen molar-refractivity contribution in [1.82, 2.24) is 0 Å². The van der Waals surface area contributed by atoms with Crippen LogP contribution in [0.25, 0.3) is 11.1 Å². The monoisotopic (exact) mass is 1080 g/mol. The first-order valence-electron chi connectivity index (χ1n) is 30.5. The molecule has 4 atom stereocenters. The fourth-order valence-electron chi connectivity index (χ4n) is 11.1. The third-order valence-corrected chi connectivity index (χ3v) is 18.4. The van der Waals surface area contributed by atoms with Crippen molar-refractivity contribution < 1.29 is 43.9 Å². The van der Waals surface area contributed by atoms with Crippen LogP contribution in [0.5, 0.6) is 0 Å². The van der Waals surface area contributed by atoms with E-state index < -0.39 is 69.3 Å². The zero-order valence-electron chi connectivity index (χ0n) is 48.7. The van der Waals surface area contributed by atoms with E-state index in [0.29, 0.717) is 8.58 Å². The van der Waals surface area contributed by atoms with Crippen LogP contribution >= 0.6 is 8.58 Å². The molecule has 0 radical (unpaired) electrons. The Morgan fingerprint density at radius 1 is 0.297 bits per heavy atom. The van der Waals surface area contributed by atoms with Gasteiger partial charge in [-0.3, -0.25) is 0 Å². The molecule has 0 spiro atoms. The lowest BCUT2D eigenvalue weighted by Crippen LogP contribution is -2.34. The predicted molar refractivity (Wildman–Crippen MR) is 305 cm³/mol. The molecule has 2 aromatic rings. The molecule has 0 saturated heterocycles. The van der Waals surface area contributed by atoms with Gasteiger partial charge in [0.15, 0.2) is 46.5 Å². The van der Waals surface area contributed by atoms with Crippen LogP contribution in [0.4, 0.5) is 43.9 Å². The van der Waals surface area contributed by atoms with Crippen LogP contribution in [0.2, 0.25) is 25.3 Å². The van der Waals surface area contributed by atoms with Gasteiger partial charge in [-0.1, -0.05) is 249 Å². The van der Waals surface area contributed by atoms with Crippen molar-refractivity contribution in [3.63, 3.8) is 0 Å². The Labute approximate surface area is 449 Å². The Kier molecular flexibility index (Phi) is 43.1. The Hall–Kier alpha value is -1.77. The van der Waals surface area contributed by atoms with Crippen molar-refractivity contribution >= 4 is 14.7 Å². The van der Waals surface area contributed by atoms with Crippen molar-refractivity contribution in [2.24, 2.45) is 23.7 Å². The van der Waals surface area contributed by atoms with Crippen LogP contribution < -0.4 is 0 Å². The molecule has 2 aromatic carbocycles. The summed E-state index contributed by atoms with van der Waals surface area (Å²) in [7, 11) is 0.697. The summed E-state index contributed by atoms with van der Waals surface area (Å²) in [5.74, 6) is -22.7. The highest BCUT2D eigenvalue weighted by molar-refractivity contribution is 7.38. The van der Waals surface area contributed by atoms with E-state index in [1.54, 1.807) is 37.6 Å². The maximum Gasteiger partial charge on any atom is 0.200 e. The predicted octanol–water partition coefficient (Wildman–Crippen LogP) is 23.9. The topological polar surface area (TPSA) is 0 Å². The van der Waals surface area contributed by atoms with E-state index in [0.717, 1.165) is 23.7 Å². The summed E-state index contributed by atoms with van der Waals surface area (Å²) in [5, 5.41) is 0. The fourth-order valence-corrected chi connectivity index (χ4v) is 12.9. The lowest BCUT2D eigenvalue weighted by atomic mass is 9.17. The molecule has 74 heavy (non-hydrogen) atoms. The van der Waals surface area contributed by atoms with Crippen LogP contribution in [0, 0.1) is 81.8 Å². The molecule has 0 amide bonds. The van der Waals surface area contributed by atoms with Gasteiger partial charge in [0.05, 0.1) is 23.5 Å². The summed E-state index contributed by atoms with van der Waals surface area (Å²) < 4.78 is 131. The van der Waals surface area contributed by atoms with Gasteiger partial charge in [-0.2, -0.15) is 25.3 Å². The van der Waals surface area contributed by atoms with Crippen molar-refractivity contribution in [2.75, 3.05) is 12.3 Å². The summed E-state index contributed by atoms with van der Waals surface area (Å²) in [6.07, 6.45) is 53.0. The first-order chi connectivity index (χ1) is 35.4. The van der Waals surface area contributed by atoms with E-state index in [4.69, 9.17) is 0 Å². The smallest absolute Gasteiger partial charge is 0.200 e. The first kappa shape index (κ1) is 72.2. The highest BCUT2D eigenvalue weighted by Crippen LogP contribution is 2.38. The number of halogens is 10. The molecule has 0 aliphatic carbocycles. The zero-order chi connectivity index (χ0) is 55.9. The van der Waals surface area contributed by atoms with Crippen molar-refractivity contribution in [1.29, 1.82) is 0 Å². The summed E-state index contributed by atoms with van der Waals surface area (Å²) >= 11 is 0. The highest BCUT2D eigenvalue weighted by Gasteiger charge is 2.34. The third-order valence-electron chi connectivity index (χ3n) is 16.2. The van der Waals surface area contributed by atoms with Gasteiger partial charge in [-0.25, -0.2) is 43.9 Å². The molecule has 0 bridgehead atoms. The van der Waals surface area contributed by atoms with E-state index in [1.165, 1.54) is 193 Å². The number of rotatable bonds is 41. The molecular formula is C62H108BF10P. The van der Waals surface area contributed by atoms with Crippen molar-refractivity contribution in [2.45, 2.75) is 287 Å². The lowest BCUT2D eigenvalue weighted by molar-refractivity contribution is 0.370. The van der Waals surface area contributed by atoms with Gasteiger partial charge in [-0.15, -0.1) is 0 Å². The molecule has 4 unspecified atom stereocenters. The quantitative estimate of drug-likeness (QED) is 0.0155. The minimum absolute atomic E-state index is 0.0861. The van der Waals surface area contributed by atoms with E-state index in [-0.39, 0.29) is 6.15 Å². The van der Waals surface area contributed by atoms with Gasteiger partial charge in [0.2, 0.25) is 11.6 Å². The van der Waals surface area contributed by atoms with Crippen molar-refractivity contribution in [3.05, 3.63) is 58.2 Å². The van der Waals surface area contributed by atoms with Crippen LogP contribution in [0.1, 0.15) is 262 Å². The Bertz CT molecular complexity index is 1500. The lowest BCUT2D eigenvalue weighted by Gasteiger charge is -2.41. The molecule has 0 saturated carbocycles. The van der Waals surface area contributed by atoms with Gasteiger partial charge in [-0.05, 0) is 45.1 Å². The van der Waals surface area contributed by atoms with E-state index in [2.05, 4.69) is 69.2 Å². The molecule has 434 valence electrons. The van der Waals surface area contributed by atoms with E-state index in [9.17, 15) is 43.9 Å². The molecule has 0 N–H and O–H groups in total. The van der Waals surface area contributed by atoms with Crippen LogP contribution in [0.3, 0.4) is 0 Å². The molecule has 0 nitrogen and oxygen atoms in total. The minimum atomic E-state index is -2.68. The van der Waals surface area contributed by atoms with Gasteiger partial charge >= 0.3 is 0 Å². The maximum atomic E-state index is 13.4. The van der Waals surface area contributed by atoms with Crippen LogP contribution in [-0.4, -0.2) is 18.5 Å². The van der Waals surface area contributed by atoms with Gasteiger partial charge < -0.3 is 0 Å². The SMILES string of the molecule is CCCC(CC)CCC(C)C[PH2+]CC(C)CCC(CC)CCC.CCCCCCC[B-](CCCCCCC)(CCCCCCC)CCCCCCC.Fc1c(F)c(F)c(-c2c(F)c(F)c(F)c(F)c2F)c(F)c1F. The largest absolute Gasteiger partial charge is 0.203 e. The van der Waals surface area contributed by atoms with Gasteiger partial charge in [0, 0.05) is 6.15 Å². The minimum Gasteiger partial charge on any atom is -0.203 e.